The summed E-state index contributed by atoms with van der Waals surface area (Å²) in [4.78, 5) is 27.1. The van der Waals surface area contributed by atoms with Crippen molar-refractivity contribution in [2.45, 2.75) is 0 Å². The van der Waals surface area contributed by atoms with E-state index in [0.29, 0.717) is 4.60 Å². The highest BCUT2D eigenvalue weighted by Crippen LogP contribution is 1.99. The van der Waals surface area contributed by atoms with Gasteiger partial charge in [-0.05, 0) is 15.9 Å². The van der Waals surface area contributed by atoms with Gasteiger partial charge in [0.1, 0.15) is 4.60 Å². The molecule has 0 aliphatic heterocycles. The van der Waals surface area contributed by atoms with Crippen LogP contribution < -0.4 is 11.3 Å². The van der Waals surface area contributed by atoms with E-state index in [1.807, 2.05) is 0 Å². The number of aromatic nitrogens is 2. The molecule has 58 valence electrons. The monoisotopic (exact) mass is 220 g/mol. The van der Waals surface area contributed by atoms with Crippen molar-refractivity contribution in [1.29, 1.82) is 0 Å². The van der Waals surface area contributed by atoms with Crippen molar-refractivity contribution in [2.75, 3.05) is 0 Å². The molecule has 0 radical (unpaired) electrons. The highest BCUT2D eigenvalue weighted by molar-refractivity contribution is 9.10. The molecule has 1 heterocycles. The predicted molar refractivity (Wildman–Crippen MR) is 41.1 cm³/mol. The Morgan fingerprint density at radius 1 is 1.73 bits per heavy atom. The van der Waals surface area contributed by atoms with Gasteiger partial charge in [-0.3, -0.25) is 9.59 Å². The molecule has 1 aromatic heterocycles. The fraction of sp³-hybridized carbons (Fsp3) is 0. The van der Waals surface area contributed by atoms with Crippen LogP contribution in [0.15, 0.2) is 15.6 Å². The van der Waals surface area contributed by atoms with E-state index in [1.165, 1.54) is 6.20 Å². The molecule has 0 fully saturated rings. The standard InChI is InChI=1S/C5H4BrN3O2/c6-2-1-8-5(11)3(9-2)4(7)10/h1H,(H2,7,10)(H,8,11)/i3+1,4+1,5+1. The third-order valence-electron chi connectivity index (χ3n) is 0.989. The van der Waals surface area contributed by atoms with E-state index in [4.69, 9.17) is 5.73 Å². The Kier molecular flexibility index (Phi) is 2.04. The largest absolute Gasteiger partial charge is 0.364 e. The molecule has 1 rings (SSSR count). The minimum Gasteiger partial charge on any atom is -0.364 e. The van der Waals surface area contributed by atoms with Crippen molar-refractivity contribution in [2.24, 2.45) is 5.73 Å². The van der Waals surface area contributed by atoms with Gasteiger partial charge in [0.25, 0.3) is 11.5 Å². The maximum Gasteiger partial charge on any atom is 0.279 e. The Bertz CT molecular complexity index is 346. The van der Waals surface area contributed by atoms with Crippen LogP contribution in [0.3, 0.4) is 0 Å². The van der Waals surface area contributed by atoms with Crippen molar-refractivity contribution in [1.82, 2.24) is 9.97 Å². The van der Waals surface area contributed by atoms with Crippen LogP contribution >= 0.6 is 15.9 Å². The summed E-state index contributed by atoms with van der Waals surface area (Å²) in [5.41, 5.74) is 3.97. The lowest BCUT2D eigenvalue weighted by Crippen LogP contribution is -2.25. The lowest BCUT2D eigenvalue weighted by atomic mass is 10.9. The van der Waals surface area contributed by atoms with Crippen LogP contribution in [0.4, 0.5) is 0 Å². The molecule has 0 spiro atoms. The molecule has 0 aliphatic carbocycles. The Balaban J connectivity index is 3.35. The maximum atomic E-state index is 10.8. The number of nitrogens with zero attached hydrogens (tertiary/aromatic N) is 1. The lowest BCUT2D eigenvalue weighted by molar-refractivity contribution is 0.0994. The second kappa shape index (κ2) is 2.83. The number of carbonyl (C=O) groups excluding carboxylic acids is 1. The van der Waals surface area contributed by atoms with Crippen molar-refractivity contribution in [3.63, 3.8) is 0 Å². The molecular formula is C5H4BrN3O2. The van der Waals surface area contributed by atoms with Crippen LogP contribution in [-0.2, 0) is 0 Å². The molecule has 5 nitrogen and oxygen atoms in total. The van der Waals surface area contributed by atoms with E-state index in [-0.39, 0.29) is 5.69 Å². The smallest absolute Gasteiger partial charge is 0.279 e. The molecule has 0 saturated carbocycles. The van der Waals surface area contributed by atoms with E-state index in [0.717, 1.165) is 0 Å². The van der Waals surface area contributed by atoms with Crippen molar-refractivity contribution >= 4 is 21.8 Å². The van der Waals surface area contributed by atoms with Crippen LogP contribution in [0, 0.1) is 0 Å². The molecule has 0 saturated heterocycles. The molecule has 3 N–H and O–H groups in total. The minimum absolute atomic E-state index is 0.292. The Morgan fingerprint density at radius 2 is 2.36 bits per heavy atom. The van der Waals surface area contributed by atoms with Gasteiger partial charge in [0.2, 0.25) is 0 Å². The molecule has 11 heavy (non-hydrogen) atoms. The normalized spacial score (nSPS) is 9.55. The molecule has 6 heteroatoms. The van der Waals surface area contributed by atoms with E-state index in [1.54, 1.807) is 0 Å². The quantitative estimate of drug-likeness (QED) is 0.634. The summed E-state index contributed by atoms with van der Waals surface area (Å²) in [7, 11) is 0. The Morgan fingerprint density at radius 3 is 2.82 bits per heavy atom. The van der Waals surface area contributed by atoms with Gasteiger partial charge in [0.15, 0.2) is 5.69 Å². The van der Waals surface area contributed by atoms with E-state index >= 15 is 0 Å². The first-order chi connectivity index (χ1) is 5.11. The fourth-order valence-electron chi connectivity index (χ4n) is 0.550. The van der Waals surface area contributed by atoms with Crippen LogP contribution in [0.25, 0.3) is 0 Å². The third-order valence-corrected chi connectivity index (χ3v) is 1.40. The lowest BCUT2D eigenvalue weighted by Gasteiger charge is -1.92. The molecule has 0 aliphatic rings. The summed E-state index contributed by atoms with van der Waals surface area (Å²) in [5.74, 6) is -0.840. The molecule has 1 amide bonds. The van der Waals surface area contributed by atoms with Crippen molar-refractivity contribution in [3.8, 4) is 0 Å². The van der Waals surface area contributed by atoms with Gasteiger partial charge in [-0.15, -0.1) is 0 Å². The molecule has 0 aromatic carbocycles. The van der Waals surface area contributed by atoms with Gasteiger partial charge in [0, 0.05) is 6.20 Å². The first kappa shape index (κ1) is 7.93. The summed E-state index contributed by atoms with van der Waals surface area (Å²) < 4.78 is 0.367. The number of hydrogen-bond donors (Lipinski definition) is 2. The van der Waals surface area contributed by atoms with E-state index in [2.05, 4.69) is 25.9 Å². The van der Waals surface area contributed by atoms with Gasteiger partial charge in [-0.25, -0.2) is 4.98 Å². The highest BCUT2D eigenvalue weighted by Gasteiger charge is 2.07. The van der Waals surface area contributed by atoms with Gasteiger partial charge in [-0.1, -0.05) is 0 Å². The molecule has 1 aromatic rings. The highest BCUT2D eigenvalue weighted by atomic mass is 79.9. The Labute approximate surface area is 69.8 Å². The molecular weight excluding hydrogens is 217 g/mol. The number of carbonyl (C=O) groups is 1. The summed E-state index contributed by atoms with van der Waals surface area (Å²) in [6.07, 6.45) is 1.33. The fourth-order valence-corrected chi connectivity index (χ4v) is 0.842. The van der Waals surface area contributed by atoms with Crippen LogP contribution in [-0.4, -0.2) is 15.9 Å². The number of rotatable bonds is 1. The number of nitrogens with one attached hydrogen (secondary N) is 1. The summed E-state index contributed by atoms with van der Waals surface area (Å²) in [5, 5.41) is 0. The van der Waals surface area contributed by atoms with Crippen LogP contribution in [0.1, 0.15) is 10.5 Å². The third kappa shape index (κ3) is 1.64. The number of halogens is 1. The van der Waals surface area contributed by atoms with Crippen LogP contribution in [0.2, 0.25) is 0 Å². The average Bonchev–Trinajstić information content (AvgIpc) is 1.94. The van der Waals surface area contributed by atoms with Crippen molar-refractivity contribution in [3.05, 3.63) is 26.8 Å². The number of nitrogens with two attached hydrogens (primary N) is 1. The van der Waals surface area contributed by atoms with E-state index < -0.39 is 11.5 Å². The number of H-pyrrole nitrogens is 1. The zero-order valence-electron chi connectivity index (χ0n) is 5.30. The second-order valence-electron chi connectivity index (χ2n) is 1.77. The first-order valence-corrected chi connectivity index (χ1v) is 3.45. The van der Waals surface area contributed by atoms with Gasteiger partial charge >= 0.3 is 0 Å². The zero-order valence-corrected chi connectivity index (χ0v) is 6.88. The van der Waals surface area contributed by atoms with Crippen molar-refractivity contribution < 1.29 is 4.79 Å². The topological polar surface area (TPSA) is 88.8 Å². The summed E-state index contributed by atoms with van der Waals surface area (Å²) >= 11 is 2.98. The molecule has 0 unspecified atom stereocenters. The van der Waals surface area contributed by atoms with E-state index in [9.17, 15) is 9.59 Å². The Hall–Kier alpha value is -1.17. The first-order valence-electron chi connectivity index (χ1n) is 2.66. The van der Waals surface area contributed by atoms with Gasteiger partial charge in [-0.2, -0.15) is 0 Å². The SMILES string of the molecule is N[13C](=O)[13c]1nc(Br)c[nH][13c]1=O. The molecule has 0 bridgehead atoms. The summed E-state index contributed by atoms with van der Waals surface area (Å²) in [6.45, 7) is 0. The summed E-state index contributed by atoms with van der Waals surface area (Å²) in [6, 6.07) is 0. The average molecular weight is 221 g/mol. The van der Waals surface area contributed by atoms with Gasteiger partial charge < -0.3 is 10.7 Å². The van der Waals surface area contributed by atoms with Gasteiger partial charge in [0.05, 0.1) is 0 Å². The number of primary amides is 1. The number of amides is 1. The zero-order chi connectivity index (χ0) is 8.43. The maximum absolute atomic E-state index is 10.8. The second-order valence-corrected chi connectivity index (χ2v) is 2.58. The minimum atomic E-state index is -0.840. The molecule has 0 atom stereocenters. The number of aromatic amines is 1. The number of hydrogen-bond acceptors (Lipinski definition) is 3. The predicted octanol–water partition coefficient (Wildman–Crippen LogP) is -0.369. The van der Waals surface area contributed by atoms with Crippen LogP contribution in [0.5, 0.6) is 0 Å².